The zero-order valence-corrected chi connectivity index (χ0v) is 6.52. The van der Waals surface area contributed by atoms with Gasteiger partial charge in [-0.15, -0.1) is 0 Å². The summed E-state index contributed by atoms with van der Waals surface area (Å²) in [7, 11) is 0. The molecule has 1 N–H and O–H groups in total. The lowest BCUT2D eigenvalue weighted by Gasteiger charge is -2.07. The average Bonchev–Trinajstić information content (AvgIpc) is 2.14. The first-order valence-electron chi connectivity index (χ1n) is 4.09. The number of carbonyl (C=O) groups excluding carboxylic acids is 1. The Balaban J connectivity index is 2.33. The molecule has 0 aliphatic carbocycles. The van der Waals surface area contributed by atoms with Gasteiger partial charge in [-0.1, -0.05) is 13.3 Å². The van der Waals surface area contributed by atoms with E-state index in [-0.39, 0.29) is 5.91 Å². The second-order valence-electron chi connectivity index (χ2n) is 2.95. The highest BCUT2D eigenvalue weighted by Crippen LogP contribution is 2.16. The fraction of sp³-hybridized carbons (Fsp3) is 0.875. The van der Waals surface area contributed by atoms with E-state index in [0.29, 0.717) is 0 Å². The third-order valence-corrected chi connectivity index (χ3v) is 2.23. The van der Waals surface area contributed by atoms with Gasteiger partial charge in [0.15, 0.2) is 0 Å². The maximum atomic E-state index is 10.8. The number of carbonyl (C=O) groups is 1. The summed E-state index contributed by atoms with van der Waals surface area (Å²) in [5.41, 5.74) is 0. The molecule has 2 heteroatoms. The Hall–Kier alpha value is -0.530. The molecule has 1 amide bonds. The van der Waals surface area contributed by atoms with Crippen LogP contribution in [0.4, 0.5) is 0 Å². The molecule has 0 aromatic heterocycles. The molecule has 0 aromatic rings. The first-order valence-corrected chi connectivity index (χ1v) is 4.09. The minimum atomic E-state index is 0.232. The van der Waals surface area contributed by atoms with E-state index in [9.17, 15) is 4.79 Å². The molecule has 1 fully saturated rings. The van der Waals surface area contributed by atoms with Crippen molar-refractivity contribution in [2.45, 2.75) is 32.6 Å². The van der Waals surface area contributed by atoms with Gasteiger partial charge in [-0.25, -0.2) is 0 Å². The molecule has 0 spiro atoms. The quantitative estimate of drug-likeness (QED) is 0.586. The zero-order valence-electron chi connectivity index (χ0n) is 6.52. The van der Waals surface area contributed by atoms with Gasteiger partial charge in [-0.3, -0.25) is 4.79 Å². The van der Waals surface area contributed by atoms with Gasteiger partial charge in [-0.05, 0) is 18.8 Å². The van der Waals surface area contributed by atoms with Crippen molar-refractivity contribution in [1.82, 2.24) is 5.32 Å². The molecular formula is C8H15NO. The first kappa shape index (κ1) is 7.58. The summed E-state index contributed by atoms with van der Waals surface area (Å²) in [4.78, 5) is 10.8. The van der Waals surface area contributed by atoms with E-state index < -0.39 is 0 Å². The van der Waals surface area contributed by atoms with Gasteiger partial charge in [0.2, 0.25) is 5.91 Å². The van der Waals surface area contributed by atoms with E-state index in [2.05, 4.69) is 12.2 Å². The van der Waals surface area contributed by atoms with Crippen LogP contribution in [-0.4, -0.2) is 12.5 Å². The summed E-state index contributed by atoms with van der Waals surface area (Å²) < 4.78 is 0. The number of hydrogen-bond donors (Lipinski definition) is 1. The molecule has 1 heterocycles. The van der Waals surface area contributed by atoms with Crippen LogP contribution in [0, 0.1) is 5.92 Å². The minimum absolute atomic E-state index is 0.232. The molecule has 0 saturated carbocycles. The Morgan fingerprint density at radius 1 is 1.60 bits per heavy atom. The number of hydrogen-bond acceptors (Lipinski definition) is 1. The Labute approximate surface area is 62.0 Å². The maximum absolute atomic E-state index is 10.8. The molecule has 0 aromatic carbocycles. The second kappa shape index (κ2) is 3.59. The zero-order chi connectivity index (χ0) is 7.40. The molecule has 1 rings (SSSR count). The van der Waals surface area contributed by atoms with Crippen molar-refractivity contribution in [3.63, 3.8) is 0 Å². The Kier molecular flexibility index (Phi) is 2.72. The summed E-state index contributed by atoms with van der Waals surface area (Å²) in [6, 6.07) is 0. The van der Waals surface area contributed by atoms with Gasteiger partial charge >= 0.3 is 0 Å². The highest BCUT2D eigenvalue weighted by Gasteiger charge is 2.13. The van der Waals surface area contributed by atoms with Crippen molar-refractivity contribution in [1.29, 1.82) is 0 Å². The molecule has 1 saturated heterocycles. The number of nitrogens with one attached hydrogen (secondary N) is 1. The monoisotopic (exact) mass is 141 g/mol. The van der Waals surface area contributed by atoms with E-state index in [1.165, 1.54) is 12.8 Å². The summed E-state index contributed by atoms with van der Waals surface area (Å²) in [5, 5.41) is 2.87. The molecule has 0 bridgehead atoms. The number of rotatable bonds is 1. The van der Waals surface area contributed by atoms with Gasteiger partial charge in [0.05, 0.1) is 0 Å². The fourth-order valence-corrected chi connectivity index (χ4v) is 1.39. The summed E-state index contributed by atoms with van der Waals surface area (Å²) in [6.45, 7) is 3.08. The molecule has 10 heavy (non-hydrogen) atoms. The average molecular weight is 141 g/mol. The molecule has 1 atom stereocenters. The summed E-state index contributed by atoms with van der Waals surface area (Å²) in [6.07, 6.45) is 4.21. The highest BCUT2D eigenvalue weighted by atomic mass is 16.1. The first-order chi connectivity index (χ1) is 4.83. The van der Waals surface area contributed by atoms with E-state index in [0.717, 1.165) is 25.3 Å². The van der Waals surface area contributed by atoms with Crippen molar-refractivity contribution in [3.8, 4) is 0 Å². The van der Waals surface area contributed by atoms with Crippen molar-refractivity contribution < 1.29 is 4.79 Å². The van der Waals surface area contributed by atoms with Gasteiger partial charge < -0.3 is 5.32 Å². The van der Waals surface area contributed by atoms with E-state index in [4.69, 9.17) is 0 Å². The van der Waals surface area contributed by atoms with Gasteiger partial charge in [0.25, 0.3) is 0 Å². The highest BCUT2D eigenvalue weighted by molar-refractivity contribution is 5.76. The SMILES string of the molecule is CCC1CCNC(=O)CC1. The largest absolute Gasteiger partial charge is 0.356 e. The second-order valence-corrected chi connectivity index (χ2v) is 2.95. The molecular weight excluding hydrogens is 126 g/mol. The van der Waals surface area contributed by atoms with Crippen LogP contribution in [-0.2, 0) is 4.79 Å². The van der Waals surface area contributed by atoms with E-state index in [1.54, 1.807) is 0 Å². The predicted molar refractivity (Wildman–Crippen MR) is 40.6 cm³/mol. The normalized spacial score (nSPS) is 27.3. The lowest BCUT2D eigenvalue weighted by Crippen LogP contribution is -2.21. The third-order valence-electron chi connectivity index (χ3n) is 2.23. The van der Waals surface area contributed by atoms with E-state index >= 15 is 0 Å². The van der Waals surface area contributed by atoms with Crippen LogP contribution in [0.5, 0.6) is 0 Å². The van der Waals surface area contributed by atoms with Gasteiger partial charge in [-0.2, -0.15) is 0 Å². The molecule has 1 unspecified atom stereocenters. The van der Waals surface area contributed by atoms with Crippen LogP contribution in [0.25, 0.3) is 0 Å². The third kappa shape index (κ3) is 2.01. The Bertz CT molecular complexity index is 122. The van der Waals surface area contributed by atoms with Crippen LogP contribution < -0.4 is 5.32 Å². The molecule has 0 radical (unpaired) electrons. The summed E-state index contributed by atoms with van der Waals surface area (Å²) in [5.74, 6) is 1.01. The Morgan fingerprint density at radius 3 is 3.10 bits per heavy atom. The number of amides is 1. The van der Waals surface area contributed by atoms with Gasteiger partial charge in [0, 0.05) is 13.0 Å². The lowest BCUT2D eigenvalue weighted by molar-refractivity contribution is -0.120. The van der Waals surface area contributed by atoms with Crippen molar-refractivity contribution >= 4 is 5.91 Å². The summed E-state index contributed by atoms with van der Waals surface area (Å²) >= 11 is 0. The Morgan fingerprint density at radius 2 is 2.40 bits per heavy atom. The predicted octanol–water partition coefficient (Wildman–Crippen LogP) is 1.31. The van der Waals surface area contributed by atoms with Gasteiger partial charge in [0.1, 0.15) is 0 Å². The van der Waals surface area contributed by atoms with Crippen LogP contribution in [0.1, 0.15) is 32.6 Å². The maximum Gasteiger partial charge on any atom is 0.220 e. The van der Waals surface area contributed by atoms with Crippen molar-refractivity contribution in [2.75, 3.05) is 6.54 Å². The molecule has 58 valence electrons. The molecule has 2 nitrogen and oxygen atoms in total. The van der Waals surface area contributed by atoms with Crippen LogP contribution >= 0.6 is 0 Å². The van der Waals surface area contributed by atoms with E-state index in [1.807, 2.05) is 0 Å². The molecule has 1 aliphatic rings. The topological polar surface area (TPSA) is 29.1 Å². The molecule has 1 aliphatic heterocycles. The fourth-order valence-electron chi connectivity index (χ4n) is 1.39. The minimum Gasteiger partial charge on any atom is -0.356 e. The van der Waals surface area contributed by atoms with Crippen LogP contribution in [0.2, 0.25) is 0 Å². The smallest absolute Gasteiger partial charge is 0.220 e. The van der Waals surface area contributed by atoms with Crippen molar-refractivity contribution in [3.05, 3.63) is 0 Å². The van der Waals surface area contributed by atoms with Crippen LogP contribution in [0.3, 0.4) is 0 Å². The van der Waals surface area contributed by atoms with Crippen LogP contribution in [0.15, 0.2) is 0 Å². The van der Waals surface area contributed by atoms with Crippen molar-refractivity contribution in [2.24, 2.45) is 5.92 Å². The standard InChI is InChI=1S/C8H15NO/c1-2-7-3-4-8(10)9-6-5-7/h7H,2-6H2,1H3,(H,9,10). The lowest BCUT2D eigenvalue weighted by atomic mass is 9.98.